The van der Waals surface area contributed by atoms with Gasteiger partial charge in [0.15, 0.2) is 17.3 Å². The maximum atomic E-state index is 6.05. The molecule has 5 rings (SSSR count). The number of hydrogen-bond donors (Lipinski definition) is 1. The van der Waals surface area contributed by atoms with Crippen LogP contribution < -0.4 is 24.4 Å². The molecule has 0 aliphatic carbocycles. The van der Waals surface area contributed by atoms with Gasteiger partial charge in [0.05, 0.1) is 27.0 Å². The number of fused-ring (bicyclic) bond motifs is 1. The van der Waals surface area contributed by atoms with E-state index in [-0.39, 0.29) is 0 Å². The summed E-state index contributed by atoms with van der Waals surface area (Å²) in [6.07, 6.45) is 0. The Labute approximate surface area is 216 Å². The van der Waals surface area contributed by atoms with Crippen LogP contribution in [-0.2, 0) is 6.61 Å². The summed E-state index contributed by atoms with van der Waals surface area (Å²) in [6.45, 7) is 0.443. The molecule has 37 heavy (non-hydrogen) atoms. The second kappa shape index (κ2) is 10.9. The molecular weight excluding hydrogens is 466 g/mol. The molecule has 7 heteroatoms. The van der Waals surface area contributed by atoms with Crippen LogP contribution in [0.3, 0.4) is 0 Å². The fourth-order valence-electron chi connectivity index (χ4n) is 4.01. The van der Waals surface area contributed by atoms with Crippen molar-refractivity contribution in [2.75, 3.05) is 21.3 Å². The first-order valence-corrected chi connectivity index (χ1v) is 11.8. The van der Waals surface area contributed by atoms with Gasteiger partial charge in [-0.05, 0) is 66.2 Å². The quantitative estimate of drug-likeness (QED) is 0.340. The third-order valence-corrected chi connectivity index (χ3v) is 6.00. The summed E-state index contributed by atoms with van der Waals surface area (Å²) < 4.78 is 22.5. The van der Waals surface area contributed by atoms with Crippen LogP contribution in [0.2, 0.25) is 0 Å². The lowest BCUT2D eigenvalue weighted by Crippen LogP contribution is -2.19. The standard InChI is InChI=1S/C30H27N3O4/c1-34-23-12-9-21(10-13-23)30-31-26-15-14-24(35-2)18-25(26)29(32-33-30)22-11-16-27(28(17-22)36-3)37-19-20-7-5-4-6-8-20/h4-18H,19H2,1-3H3,(H,31,33). The first-order chi connectivity index (χ1) is 18.2. The van der Waals surface area contributed by atoms with E-state index in [4.69, 9.17) is 29.0 Å². The highest BCUT2D eigenvalue weighted by Crippen LogP contribution is 2.33. The molecule has 1 N–H and O–H groups in total. The van der Waals surface area contributed by atoms with Crippen LogP contribution in [0, 0.1) is 0 Å². The number of benzene rings is 4. The third-order valence-electron chi connectivity index (χ3n) is 6.00. The molecule has 0 amide bonds. The highest BCUT2D eigenvalue weighted by atomic mass is 16.5. The predicted octanol–water partition coefficient (Wildman–Crippen LogP) is 5.73. The average Bonchev–Trinajstić information content (AvgIpc) is 3.16. The van der Waals surface area contributed by atoms with Crippen molar-refractivity contribution in [1.82, 2.24) is 5.43 Å². The van der Waals surface area contributed by atoms with E-state index < -0.39 is 0 Å². The van der Waals surface area contributed by atoms with Crippen LogP contribution in [0.15, 0.2) is 101 Å². The Kier molecular flexibility index (Phi) is 7.03. The lowest BCUT2D eigenvalue weighted by molar-refractivity contribution is 0.284. The van der Waals surface area contributed by atoms with Gasteiger partial charge in [-0.2, -0.15) is 5.10 Å². The van der Waals surface area contributed by atoms with Crippen LogP contribution in [0.5, 0.6) is 23.0 Å². The molecular formula is C30H27N3O4. The normalized spacial score (nSPS) is 12.3. The second-order valence-electron chi connectivity index (χ2n) is 8.28. The van der Waals surface area contributed by atoms with Crippen LogP contribution >= 0.6 is 0 Å². The zero-order chi connectivity index (χ0) is 25.6. The molecule has 7 nitrogen and oxygen atoms in total. The zero-order valence-electron chi connectivity index (χ0n) is 20.9. The van der Waals surface area contributed by atoms with Gasteiger partial charge in [0.25, 0.3) is 0 Å². The molecule has 1 aliphatic heterocycles. The molecule has 0 bridgehead atoms. The van der Waals surface area contributed by atoms with E-state index in [0.29, 0.717) is 35.4 Å². The largest absolute Gasteiger partial charge is 0.497 e. The molecule has 0 saturated carbocycles. The van der Waals surface area contributed by atoms with Gasteiger partial charge in [0.2, 0.25) is 0 Å². The predicted molar refractivity (Wildman–Crippen MR) is 145 cm³/mol. The van der Waals surface area contributed by atoms with Gasteiger partial charge in [-0.25, -0.2) is 4.99 Å². The van der Waals surface area contributed by atoms with Crippen molar-refractivity contribution in [3.63, 3.8) is 0 Å². The Hall–Kier alpha value is -4.78. The van der Waals surface area contributed by atoms with Gasteiger partial charge in [-0.3, -0.25) is 5.43 Å². The highest BCUT2D eigenvalue weighted by molar-refractivity contribution is 6.18. The molecule has 4 aromatic rings. The van der Waals surface area contributed by atoms with E-state index in [1.165, 1.54) is 0 Å². The molecule has 0 fully saturated rings. The van der Waals surface area contributed by atoms with Crippen molar-refractivity contribution < 1.29 is 18.9 Å². The Balaban J connectivity index is 1.51. The lowest BCUT2D eigenvalue weighted by atomic mass is 10.00. The van der Waals surface area contributed by atoms with E-state index in [2.05, 4.69) is 5.43 Å². The van der Waals surface area contributed by atoms with Crippen molar-refractivity contribution in [3.05, 3.63) is 113 Å². The second-order valence-corrected chi connectivity index (χ2v) is 8.28. The number of amidine groups is 1. The molecule has 4 aromatic carbocycles. The number of ether oxygens (including phenoxy) is 4. The fourth-order valence-corrected chi connectivity index (χ4v) is 4.01. The third kappa shape index (κ3) is 5.26. The van der Waals surface area contributed by atoms with Gasteiger partial charge >= 0.3 is 0 Å². The Morgan fingerprint density at radius 1 is 0.676 bits per heavy atom. The number of hydrogen-bond acceptors (Lipinski definition) is 7. The van der Waals surface area contributed by atoms with Crippen LogP contribution in [0.25, 0.3) is 0 Å². The topological polar surface area (TPSA) is 73.7 Å². The summed E-state index contributed by atoms with van der Waals surface area (Å²) in [5.74, 6) is 3.37. The number of aliphatic imine (C=N–C) groups is 1. The van der Waals surface area contributed by atoms with Crippen LogP contribution in [0.1, 0.15) is 22.3 Å². The monoisotopic (exact) mass is 493 g/mol. The van der Waals surface area contributed by atoms with E-state index in [9.17, 15) is 0 Å². The van der Waals surface area contributed by atoms with Gasteiger partial charge in [0, 0.05) is 16.7 Å². The molecule has 1 heterocycles. The van der Waals surface area contributed by atoms with E-state index in [1.54, 1.807) is 21.3 Å². The smallest absolute Gasteiger partial charge is 0.161 e. The van der Waals surface area contributed by atoms with Crippen molar-refractivity contribution >= 4 is 17.2 Å². The van der Waals surface area contributed by atoms with Gasteiger partial charge in [0.1, 0.15) is 23.8 Å². The molecule has 1 aliphatic rings. The Morgan fingerprint density at radius 3 is 2.14 bits per heavy atom. The number of rotatable bonds is 8. The highest BCUT2D eigenvalue weighted by Gasteiger charge is 2.20. The van der Waals surface area contributed by atoms with E-state index in [1.807, 2.05) is 91.0 Å². The molecule has 186 valence electrons. The SMILES string of the molecule is COc1ccc(C2=Nc3ccc(OC)cc3C(c3ccc(OCc4ccccc4)c(OC)c3)=NN2)cc1. The zero-order valence-corrected chi connectivity index (χ0v) is 20.9. The number of methoxy groups -OCH3 is 3. The fraction of sp³-hybridized carbons (Fsp3) is 0.133. The summed E-state index contributed by atoms with van der Waals surface area (Å²) in [5.41, 5.74) is 8.25. The summed E-state index contributed by atoms with van der Waals surface area (Å²) in [7, 11) is 4.91. The van der Waals surface area contributed by atoms with Crippen molar-refractivity contribution in [2.45, 2.75) is 6.61 Å². The van der Waals surface area contributed by atoms with Crippen molar-refractivity contribution in [2.24, 2.45) is 10.1 Å². The lowest BCUT2D eigenvalue weighted by Gasteiger charge is -2.14. The summed E-state index contributed by atoms with van der Waals surface area (Å²) in [6, 6.07) is 29.2. The van der Waals surface area contributed by atoms with Crippen LogP contribution in [0.4, 0.5) is 5.69 Å². The first-order valence-electron chi connectivity index (χ1n) is 11.8. The minimum Gasteiger partial charge on any atom is -0.497 e. The van der Waals surface area contributed by atoms with Gasteiger partial charge in [-0.15, -0.1) is 0 Å². The minimum absolute atomic E-state index is 0.443. The van der Waals surface area contributed by atoms with Gasteiger partial charge < -0.3 is 18.9 Å². The van der Waals surface area contributed by atoms with Crippen LogP contribution in [-0.4, -0.2) is 32.9 Å². The number of nitrogens with zero attached hydrogens (tertiary/aromatic N) is 2. The summed E-state index contributed by atoms with van der Waals surface area (Å²) in [4.78, 5) is 4.88. The molecule has 0 saturated heterocycles. The van der Waals surface area contributed by atoms with E-state index >= 15 is 0 Å². The maximum absolute atomic E-state index is 6.05. The first kappa shape index (κ1) is 23.9. The Bertz CT molecular complexity index is 1450. The Morgan fingerprint density at radius 2 is 1.41 bits per heavy atom. The summed E-state index contributed by atoms with van der Waals surface area (Å²) in [5, 5.41) is 4.76. The number of hydrazone groups is 1. The van der Waals surface area contributed by atoms with Gasteiger partial charge in [-0.1, -0.05) is 30.3 Å². The minimum atomic E-state index is 0.443. The van der Waals surface area contributed by atoms with E-state index in [0.717, 1.165) is 33.7 Å². The van der Waals surface area contributed by atoms with Crippen molar-refractivity contribution in [3.8, 4) is 23.0 Å². The number of nitrogens with one attached hydrogen (secondary N) is 1. The molecule has 0 aromatic heterocycles. The molecule has 0 spiro atoms. The molecule has 0 radical (unpaired) electrons. The average molecular weight is 494 g/mol. The molecule has 0 atom stereocenters. The maximum Gasteiger partial charge on any atom is 0.161 e. The summed E-state index contributed by atoms with van der Waals surface area (Å²) >= 11 is 0. The van der Waals surface area contributed by atoms with Crippen molar-refractivity contribution in [1.29, 1.82) is 0 Å². The molecule has 0 unspecified atom stereocenters.